The Morgan fingerprint density at radius 2 is 2.14 bits per heavy atom. The maximum atomic E-state index is 12.3. The van der Waals surface area contributed by atoms with Crippen LogP contribution in [0.5, 0.6) is 0 Å². The molecule has 1 atom stereocenters. The Labute approximate surface area is 124 Å². The molecule has 0 radical (unpaired) electrons. The third kappa shape index (κ3) is 2.50. The number of nitrogens with zero attached hydrogens (tertiary/aromatic N) is 1. The lowest BCUT2D eigenvalue weighted by Gasteiger charge is -2.12. The topological polar surface area (TPSA) is 125 Å². The van der Waals surface area contributed by atoms with Crippen LogP contribution in [-0.4, -0.2) is 32.9 Å². The zero-order valence-electron chi connectivity index (χ0n) is 11.4. The number of non-ortho nitro benzene ring substituents is 1. The molecule has 114 valence electrons. The number of nitro benzene ring substituents is 1. The summed E-state index contributed by atoms with van der Waals surface area (Å²) in [6.07, 6.45) is 2.97. The molecule has 8 heteroatoms. The lowest BCUT2D eigenvalue weighted by molar-refractivity contribution is -0.384. The molecule has 2 aromatic rings. The minimum absolute atomic E-state index is 0.0407. The van der Waals surface area contributed by atoms with Gasteiger partial charge >= 0.3 is 5.97 Å². The number of hydrogen-bond donors (Lipinski definition) is 3. The van der Waals surface area contributed by atoms with Gasteiger partial charge in [0.15, 0.2) is 0 Å². The number of aromatic nitrogens is 1. The average molecular weight is 303 g/mol. The number of fused-ring (bicyclic) bond motifs is 1. The first-order valence-electron chi connectivity index (χ1n) is 6.76. The summed E-state index contributed by atoms with van der Waals surface area (Å²) in [7, 11) is 0. The molecule has 1 aliphatic carbocycles. The fourth-order valence-electron chi connectivity index (χ4n) is 2.44. The number of carboxylic acid groups (broad SMARTS) is 1. The van der Waals surface area contributed by atoms with Gasteiger partial charge in [0.1, 0.15) is 6.04 Å². The van der Waals surface area contributed by atoms with Gasteiger partial charge < -0.3 is 15.4 Å². The monoisotopic (exact) mass is 303 g/mol. The predicted octanol–water partition coefficient (Wildman–Crippen LogP) is 1.67. The Kier molecular flexibility index (Phi) is 3.28. The van der Waals surface area contributed by atoms with E-state index < -0.39 is 22.8 Å². The molecule has 1 unspecified atom stereocenters. The molecule has 1 amide bonds. The van der Waals surface area contributed by atoms with Crippen molar-refractivity contribution in [3.63, 3.8) is 0 Å². The standard InChI is InChI=1S/C14H13N3O5/c18-13(16-12(14(19)20)7-1-2-7)10-6-15-11-4-3-8(17(21)22)5-9(10)11/h3-7,12,15H,1-2H2,(H,16,18)(H,19,20). The van der Waals surface area contributed by atoms with Gasteiger partial charge in [0.05, 0.1) is 10.5 Å². The SMILES string of the molecule is O=C(NC(C(=O)O)C1CC1)c1c[nH]c2ccc([N+](=O)[O-])cc12. The van der Waals surface area contributed by atoms with Crippen LogP contribution >= 0.6 is 0 Å². The smallest absolute Gasteiger partial charge is 0.326 e. The van der Waals surface area contributed by atoms with E-state index in [0.29, 0.717) is 10.9 Å². The van der Waals surface area contributed by atoms with Crippen LogP contribution in [0.2, 0.25) is 0 Å². The maximum Gasteiger partial charge on any atom is 0.326 e. The van der Waals surface area contributed by atoms with E-state index in [9.17, 15) is 19.7 Å². The lowest BCUT2D eigenvalue weighted by Crippen LogP contribution is -2.42. The van der Waals surface area contributed by atoms with Crippen molar-refractivity contribution in [1.29, 1.82) is 0 Å². The number of aliphatic carboxylic acids is 1. The van der Waals surface area contributed by atoms with Crippen molar-refractivity contribution in [2.45, 2.75) is 18.9 Å². The molecule has 1 heterocycles. The zero-order chi connectivity index (χ0) is 15.9. The van der Waals surface area contributed by atoms with Crippen molar-refractivity contribution >= 4 is 28.5 Å². The van der Waals surface area contributed by atoms with Crippen LogP contribution in [-0.2, 0) is 4.79 Å². The van der Waals surface area contributed by atoms with E-state index >= 15 is 0 Å². The van der Waals surface area contributed by atoms with E-state index in [2.05, 4.69) is 10.3 Å². The van der Waals surface area contributed by atoms with Crippen LogP contribution in [0.4, 0.5) is 5.69 Å². The van der Waals surface area contributed by atoms with E-state index in [1.807, 2.05) is 0 Å². The van der Waals surface area contributed by atoms with E-state index in [1.165, 1.54) is 24.4 Å². The Balaban J connectivity index is 1.91. The molecule has 1 aliphatic rings. The Morgan fingerprint density at radius 3 is 2.73 bits per heavy atom. The highest BCUT2D eigenvalue weighted by Gasteiger charge is 2.37. The number of nitro groups is 1. The zero-order valence-corrected chi connectivity index (χ0v) is 11.4. The number of carbonyl (C=O) groups excluding carboxylic acids is 1. The van der Waals surface area contributed by atoms with Crippen molar-refractivity contribution in [2.75, 3.05) is 0 Å². The summed E-state index contributed by atoms with van der Waals surface area (Å²) in [6, 6.07) is 3.23. The Hall–Kier alpha value is -2.90. The van der Waals surface area contributed by atoms with E-state index in [-0.39, 0.29) is 17.2 Å². The summed E-state index contributed by atoms with van der Waals surface area (Å²) in [5.41, 5.74) is 0.651. The maximum absolute atomic E-state index is 12.3. The fraction of sp³-hybridized carbons (Fsp3) is 0.286. The third-order valence-electron chi connectivity index (χ3n) is 3.77. The first-order valence-corrected chi connectivity index (χ1v) is 6.76. The second-order valence-corrected chi connectivity index (χ2v) is 5.32. The highest BCUT2D eigenvalue weighted by molar-refractivity contribution is 6.08. The highest BCUT2D eigenvalue weighted by atomic mass is 16.6. The van der Waals surface area contributed by atoms with Crippen LogP contribution < -0.4 is 5.32 Å². The van der Waals surface area contributed by atoms with Crippen molar-refractivity contribution in [1.82, 2.24) is 10.3 Å². The molecule has 0 spiro atoms. The summed E-state index contributed by atoms with van der Waals surface area (Å²) in [5.74, 6) is -1.66. The summed E-state index contributed by atoms with van der Waals surface area (Å²) < 4.78 is 0. The molecular formula is C14H13N3O5. The minimum Gasteiger partial charge on any atom is -0.480 e. The van der Waals surface area contributed by atoms with Crippen molar-refractivity contribution in [2.24, 2.45) is 5.92 Å². The summed E-state index contributed by atoms with van der Waals surface area (Å²) in [4.78, 5) is 36.6. The molecule has 1 aromatic carbocycles. The fourth-order valence-corrected chi connectivity index (χ4v) is 2.44. The molecule has 0 saturated heterocycles. The molecule has 1 saturated carbocycles. The number of carboxylic acids is 1. The highest BCUT2D eigenvalue weighted by Crippen LogP contribution is 2.33. The molecule has 1 fully saturated rings. The minimum atomic E-state index is -1.07. The second-order valence-electron chi connectivity index (χ2n) is 5.32. The van der Waals surface area contributed by atoms with Crippen molar-refractivity contribution in [3.05, 3.63) is 40.1 Å². The molecule has 0 aliphatic heterocycles. The van der Waals surface area contributed by atoms with Crippen LogP contribution in [0.3, 0.4) is 0 Å². The van der Waals surface area contributed by atoms with Crippen LogP contribution in [0.25, 0.3) is 10.9 Å². The van der Waals surface area contributed by atoms with Gasteiger partial charge in [-0.2, -0.15) is 0 Å². The largest absolute Gasteiger partial charge is 0.480 e. The molecule has 0 bridgehead atoms. The van der Waals surface area contributed by atoms with Crippen molar-refractivity contribution in [3.8, 4) is 0 Å². The number of hydrogen-bond acceptors (Lipinski definition) is 4. The normalized spacial score (nSPS) is 15.5. The molecule has 1 aromatic heterocycles. The predicted molar refractivity (Wildman–Crippen MR) is 76.6 cm³/mol. The van der Waals surface area contributed by atoms with Crippen LogP contribution in [0, 0.1) is 16.0 Å². The van der Waals surface area contributed by atoms with Crippen LogP contribution in [0.15, 0.2) is 24.4 Å². The first kappa shape index (κ1) is 14.1. The van der Waals surface area contributed by atoms with E-state index in [4.69, 9.17) is 5.11 Å². The average Bonchev–Trinajstić information content (AvgIpc) is 3.22. The third-order valence-corrected chi connectivity index (χ3v) is 3.77. The molecule has 22 heavy (non-hydrogen) atoms. The van der Waals surface area contributed by atoms with Gasteiger partial charge in [0, 0.05) is 29.2 Å². The number of H-pyrrole nitrogens is 1. The molecular weight excluding hydrogens is 290 g/mol. The lowest BCUT2D eigenvalue weighted by atomic mass is 10.1. The van der Waals surface area contributed by atoms with E-state index in [0.717, 1.165) is 12.8 Å². The number of rotatable bonds is 5. The molecule has 3 N–H and O–H groups in total. The van der Waals surface area contributed by atoms with Gasteiger partial charge in [-0.15, -0.1) is 0 Å². The number of aromatic amines is 1. The summed E-state index contributed by atoms with van der Waals surface area (Å²) >= 11 is 0. The quantitative estimate of drug-likeness (QED) is 0.572. The first-order chi connectivity index (χ1) is 10.5. The Bertz CT molecular complexity index is 778. The number of benzene rings is 1. The van der Waals surface area contributed by atoms with Gasteiger partial charge in [0.25, 0.3) is 11.6 Å². The number of nitrogens with one attached hydrogen (secondary N) is 2. The van der Waals surface area contributed by atoms with Gasteiger partial charge in [-0.05, 0) is 24.8 Å². The summed E-state index contributed by atoms with van der Waals surface area (Å²) in [6.45, 7) is 0. The number of amides is 1. The molecule has 3 rings (SSSR count). The van der Waals surface area contributed by atoms with Crippen molar-refractivity contribution < 1.29 is 19.6 Å². The molecule has 8 nitrogen and oxygen atoms in total. The Morgan fingerprint density at radius 1 is 1.41 bits per heavy atom. The van der Waals surface area contributed by atoms with Gasteiger partial charge in [-0.1, -0.05) is 0 Å². The van der Waals surface area contributed by atoms with Gasteiger partial charge in [-0.3, -0.25) is 14.9 Å². The van der Waals surface area contributed by atoms with E-state index in [1.54, 1.807) is 0 Å². The van der Waals surface area contributed by atoms with Crippen LogP contribution in [0.1, 0.15) is 23.2 Å². The number of carbonyl (C=O) groups is 2. The second kappa shape index (κ2) is 5.14. The van der Waals surface area contributed by atoms with Gasteiger partial charge in [0.2, 0.25) is 0 Å². The van der Waals surface area contributed by atoms with Gasteiger partial charge in [-0.25, -0.2) is 4.79 Å². The summed E-state index contributed by atoms with van der Waals surface area (Å²) in [5, 5.41) is 22.9.